The lowest BCUT2D eigenvalue weighted by Crippen LogP contribution is -2.46. The van der Waals surface area contributed by atoms with E-state index in [9.17, 15) is 13.2 Å². The Balaban J connectivity index is 1.18. The van der Waals surface area contributed by atoms with Gasteiger partial charge in [-0.3, -0.25) is 9.80 Å². The van der Waals surface area contributed by atoms with Crippen LogP contribution in [0.3, 0.4) is 0 Å². The second-order valence-corrected chi connectivity index (χ2v) is 9.00. The van der Waals surface area contributed by atoms with E-state index in [1.807, 2.05) is 19.1 Å². The Morgan fingerprint density at radius 1 is 1.09 bits per heavy atom. The molecule has 1 saturated heterocycles. The molecule has 1 fully saturated rings. The van der Waals surface area contributed by atoms with Crippen LogP contribution in [0.5, 0.6) is 0 Å². The summed E-state index contributed by atoms with van der Waals surface area (Å²) in [5, 5.41) is 6.85. The summed E-state index contributed by atoms with van der Waals surface area (Å²) in [4.78, 5) is 13.6. The molecule has 1 atom stereocenters. The lowest BCUT2D eigenvalue weighted by atomic mass is 10.1. The van der Waals surface area contributed by atoms with Crippen LogP contribution in [-0.4, -0.2) is 51.1 Å². The van der Waals surface area contributed by atoms with Crippen LogP contribution in [0, 0.1) is 0 Å². The van der Waals surface area contributed by atoms with Crippen LogP contribution in [0.1, 0.15) is 30.1 Å². The third-order valence-corrected chi connectivity index (χ3v) is 6.78. The molecule has 11 heteroatoms. The number of thiazole rings is 1. The predicted molar refractivity (Wildman–Crippen MR) is 120 cm³/mol. The Kier molecular flexibility index (Phi) is 6.24. The molecule has 178 valence electrons. The Bertz CT molecular complexity index is 1230. The van der Waals surface area contributed by atoms with E-state index in [0.29, 0.717) is 5.89 Å². The van der Waals surface area contributed by atoms with Crippen molar-refractivity contribution in [2.75, 3.05) is 26.2 Å². The Morgan fingerprint density at radius 2 is 1.91 bits per heavy atom. The zero-order valence-corrected chi connectivity index (χ0v) is 19.1. The number of piperazine rings is 1. The van der Waals surface area contributed by atoms with Crippen LogP contribution < -0.4 is 0 Å². The molecule has 0 N–H and O–H groups in total. The largest absolute Gasteiger partial charge is 0.462 e. The zero-order valence-electron chi connectivity index (χ0n) is 18.3. The molecule has 0 saturated carbocycles. The summed E-state index contributed by atoms with van der Waals surface area (Å²) in [5.74, 6) is 1.32. The van der Waals surface area contributed by atoms with Crippen molar-refractivity contribution in [3.63, 3.8) is 0 Å². The van der Waals surface area contributed by atoms with Crippen molar-refractivity contribution < 1.29 is 22.1 Å². The summed E-state index contributed by atoms with van der Waals surface area (Å²) in [6.45, 7) is 6.04. The van der Waals surface area contributed by atoms with Gasteiger partial charge in [0, 0.05) is 43.7 Å². The summed E-state index contributed by atoms with van der Waals surface area (Å²) < 4.78 is 49.9. The van der Waals surface area contributed by atoms with E-state index in [-0.39, 0.29) is 17.4 Å². The molecule has 5 rings (SSSR count). The van der Waals surface area contributed by atoms with Crippen molar-refractivity contribution in [1.29, 1.82) is 0 Å². The maximum atomic E-state index is 13.0. The minimum Gasteiger partial charge on any atom is -0.462 e. The molecule has 4 aromatic rings. The second kappa shape index (κ2) is 9.32. The van der Waals surface area contributed by atoms with E-state index < -0.39 is 11.7 Å². The van der Waals surface area contributed by atoms with Crippen LogP contribution in [0.15, 0.2) is 57.0 Å². The third kappa shape index (κ3) is 4.91. The maximum absolute atomic E-state index is 13.0. The average Bonchev–Trinajstić information content (AvgIpc) is 3.60. The van der Waals surface area contributed by atoms with Gasteiger partial charge in [0.1, 0.15) is 0 Å². The van der Waals surface area contributed by atoms with Gasteiger partial charge in [0.2, 0.25) is 11.7 Å². The van der Waals surface area contributed by atoms with E-state index in [4.69, 9.17) is 8.94 Å². The van der Waals surface area contributed by atoms with Gasteiger partial charge in [-0.15, -0.1) is 11.3 Å². The lowest BCUT2D eigenvalue weighted by molar-refractivity contribution is -0.137. The highest BCUT2D eigenvalue weighted by atomic mass is 32.1. The minimum absolute atomic E-state index is 0.140. The highest BCUT2D eigenvalue weighted by Crippen LogP contribution is 2.32. The first-order valence-corrected chi connectivity index (χ1v) is 11.7. The fourth-order valence-corrected chi connectivity index (χ4v) is 4.72. The average molecular weight is 490 g/mol. The SMILES string of the molecule is CC(c1nc(-c2cccc(C(F)(F)F)c2)no1)N1CCN(Cc2csc(-c3ccco3)n2)CC1. The van der Waals surface area contributed by atoms with Crippen molar-refractivity contribution in [1.82, 2.24) is 24.9 Å². The molecule has 4 heterocycles. The molecule has 1 unspecified atom stereocenters. The highest BCUT2D eigenvalue weighted by Gasteiger charge is 2.31. The van der Waals surface area contributed by atoms with Crippen molar-refractivity contribution in [2.45, 2.75) is 25.7 Å². The zero-order chi connectivity index (χ0) is 23.7. The molecular formula is C23H22F3N5O2S. The number of nitrogens with zero attached hydrogens (tertiary/aromatic N) is 5. The molecule has 34 heavy (non-hydrogen) atoms. The van der Waals surface area contributed by atoms with Crippen LogP contribution in [0.25, 0.3) is 22.2 Å². The van der Waals surface area contributed by atoms with Crippen LogP contribution >= 0.6 is 11.3 Å². The lowest BCUT2D eigenvalue weighted by Gasteiger charge is -2.36. The summed E-state index contributed by atoms with van der Waals surface area (Å²) in [6.07, 6.45) is -2.78. The van der Waals surface area contributed by atoms with E-state index in [2.05, 4.69) is 30.3 Å². The van der Waals surface area contributed by atoms with Crippen LogP contribution in [0.2, 0.25) is 0 Å². The monoisotopic (exact) mass is 489 g/mol. The van der Waals surface area contributed by atoms with Crippen molar-refractivity contribution >= 4 is 11.3 Å². The number of hydrogen-bond acceptors (Lipinski definition) is 8. The van der Waals surface area contributed by atoms with Gasteiger partial charge >= 0.3 is 6.18 Å². The first-order valence-electron chi connectivity index (χ1n) is 10.8. The Hall–Kier alpha value is -3.02. The molecule has 0 amide bonds. The number of aromatic nitrogens is 3. The van der Waals surface area contributed by atoms with E-state index >= 15 is 0 Å². The Morgan fingerprint density at radius 3 is 2.65 bits per heavy atom. The molecule has 0 bridgehead atoms. The van der Waals surface area contributed by atoms with Crippen LogP contribution in [-0.2, 0) is 12.7 Å². The molecule has 0 radical (unpaired) electrons. The molecule has 3 aromatic heterocycles. The molecule has 0 spiro atoms. The fourth-order valence-electron chi connectivity index (χ4n) is 3.94. The van der Waals surface area contributed by atoms with Gasteiger partial charge in [-0.2, -0.15) is 18.2 Å². The first-order chi connectivity index (χ1) is 16.4. The van der Waals surface area contributed by atoms with E-state index in [0.717, 1.165) is 61.3 Å². The van der Waals surface area contributed by atoms with Crippen molar-refractivity contribution in [2.24, 2.45) is 0 Å². The summed E-state index contributed by atoms with van der Waals surface area (Å²) in [5.41, 5.74) is 0.552. The van der Waals surface area contributed by atoms with Gasteiger partial charge < -0.3 is 8.94 Å². The molecular weight excluding hydrogens is 467 g/mol. The van der Waals surface area contributed by atoms with Gasteiger partial charge in [0.15, 0.2) is 10.8 Å². The summed E-state index contributed by atoms with van der Waals surface area (Å²) in [7, 11) is 0. The number of hydrogen-bond donors (Lipinski definition) is 0. The van der Waals surface area contributed by atoms with Crippen molar-refractivity contribution in [3.8, 4) is 22.2 Å². The molecule has 7 nitrogen and oxygen atoms in total. The summed E-state index contributed by atoms with van der Waals surface area (Å²) in [6, 6.07) is 8.56. The number of rotatable bonds is 6. The number of benzene rings is 1. The molecule has 1 aliphatic rings. The second-order valence-electron chi connectivity index (χ2n) is 8.14. The minimum atomic E-state index is -4.42. The van der Waals surface area contributed by atoms with Gasteiger partial charge in [0.25, 0.3) is 0 Å². The maximum Gasteiger partial charge on any atom is 0.416 e. The number of furan rings is 1. The topological polar surface area (TPSA) is 71.4 Å². The van der Waals surface area contributed by atoms with E-state index in [1.165, 1.54) is 6.07 Å². The van der Waals surface area contributed by atoms with Crippen LogP contribution in [0.4, 0.5) is 13.2 Å². The normalized spacial score (nSPS) is 16.7. The quantitative estimate of drug-likeness (QED) is 0.362. The summed E-state index contributed by atoms with van der Waals surface area (Å²) >= 11 is 1.57. The van der Waals surface area contributed by atoms with Gasteiger partial charge in [-0.05, 0) is 31.2 Å². The smallest absolute Gasteiger partial charge is 0.416 e. The Labute approximate surface area is 197 Å². The number of alkyl halides is 3. The van der Waals surface area contributed by atoms with E-state index in [1.54, 1.807) is 23.7 Å². The van der Waals surface area contributed by atoms with Gasteiger partial charge in [-0.1, -0.05) is 17.3 Å². The van der Waals surface area contributed by atoms with Gasteiger partial charge in [0.05, 0.1) is 23.6 Å². The molecule has 1 aliphatic heterocycles. The fraction of sp³-hybridized carbons (Fsp3) is 0.348. The molecule has 1 aromatic carbocycles. The third-order valence-electron chi connectivity index (χ3n) is 5.87. The molecule has 0 aliphatic carbocycles. The standard InChI is InChI=1S/C23H22F3N5O2S/c1-15(21-28-20(29-33-21)16-4-2-5-17(12-16)23(24,25)26)31-9-7-30(8-10-31)13-18-14-34-22(27-18)19-6-3-11-32-19/h2-6,11-12,14-15H,7-10,13H2,1H3. The van der Waals surface area contributed by atoms with Crippen molar-refractivity contribution in [3.05, 3.63) is 65.2 Å². The van der Waals surface area contributed by atoms with Gasteiger partial charge in [-0.25, -0.2) is 4.98 Å². The first kappa shape index (κ1) is 22.8. The number of halogens is 3. The predicted octanol–water partition coefficient (Wildman–Crippen LogP) is 5.35. The highest BCUT2D eigenvalue weighted by molar-refractivity contribution is 7.13.